The first-order valence-electron chi connectivity index (χ1n) is 9.51. The van der Waals surface area contributed by atoms with Crippen LogP contribution in [0.2, 0.25) is 5.02 Å². The maximum Gasteiger partial charge on any atom is 0.278 e. The number of anilines is 1. The highest BCUT2D eigenvalue weighted by atomic mass is 35.5. The maximum absolute atomic E-state index is 13.5. The lowest BCUT2D eigenvalue weighted by molar-refractivity contribution is 0.0908. The lowest BCUT2D eigenvalue weighted by Gasteiger charge is -2.23. The second kappa shape index (κ2) is 7.81. The van der Waals surface area contributed by atoms with E-state index < -0.39 is 0 Å². The predicted molar refractivity (Wildman–Crippen MR) is 113 cm³/mol. The Morgan fingerprint density at radius 3 is 2.93 bits per heavy atom. The van der Waals surface area contributed by atoms with Crippen LogP contribution in [0.3, 0.4) is 0 Å². The Labute approximate surface area is 173 Å². The summed E-state index contributed by atoms with van der Waals surface area (Å²) in [5.74, 6) is -0.106. The van der Waals surface area contributed by atoms with E-state index in [1.54, 1.807) is 9.58 Å². The lowest BCUT2D eigenvalue weighted by Crippen LogP contribution is -2.38. The van der Waals surface area contributed by atoms with Gasteiger partial charge >= 0.3 is 0 Å². The lowest BCUT2D eigenvalue weighted by atomic mass is 10.2. The molecule has 6 nitrogen and oxygen atoms in total. The Hall–Kier alpha value is -1.96. The normalized spacial score (nSPS) is 16.8. The van der Waals surface area contributed by atoms with Crippen LogP contribution in [0.4, 0.5) is 5.13 Å². The molecule has 1 atom stereocenters. The van der Waals surface area contributed by atoms with Gasteiger partial charge in [-0.3, -0.25) is 14.4 Å². The number of benzene rings is 1. The molecule has 1 unspecified atom stereocenters. The number of fused-ring (bicyclic) bond motifs is 1. The van der Waals surface area contributed by atoms with Crippen molar-refractivity contribution in [3.8, 4) is 0 Å². The Bertz CT molecular complexity index is 984. The fraction of sp³-hybridized carbons (Fsp3) is 0.450. The molecule has 28 heavy (non-hydrogen) atoms. The van der Waals surface area contributed by atoms with E-state index in [-0.39, 0.29) is 12.0 Å². The monoisotopic (exact) mass is 418 g/mol. The standard InChI is InChI=1S/C20H23ClN4O2S/c1-4-25-16(10-13(3)23-25)19(26)24(11-14-6-5-9-27-14)20-22-17-12(2)7-8-15(21)18(17)28-20/h7-8,10,14H,4-6,9,11H2,1-3H3. The Balaban J connectivity index is 1.78. The number of thiazole rings is 1. The summed E-state index contributed by atoms with van der Waals surface area (Å²) in [7, 11) is 0. The first-order chi connectivity index (χ1) is 13.5. The molecule has 1 aromatic carbocycles. The molecule has 2 aromatic heterocycles. The summed E-state index contributed by atoms with van der Waals surface area (Å²) in [6, 6.07) is 5.67. The number of hydrogen-bond donors (Lipinski definition) is 0. The topological polar surface area (TPSA) is 60.2 Å². The molecule has 1 aliphatic heterocycles. The van der Waals surface area contributed by atoms with Gasteiger partial charge in [-0.25, -0.2) is 4.98 Å². The molecule has 1 amide bonds. The second-order valence-electron chi connectivity index (χ2n) is 7.08. The van der Waals surface area contributed by atoms with E-state index in [9.17, 15) is 4.79 Å². The zero-order chi connectivity index (χ0) is 19.8. The largest absolute Gasteiger partial charge is 0.376 e. The van der Waals surface area contributed by atoms with E-state index >= 15 is 0 Å². The number of carbonyl (C=O) groups is 1. The van der Waals surface area contributed by atoms with Crippen molar-refractivity contribution in [2.45, 2.75) is 46.3 Å². The number of ether oxygens (including phenoxy) is 1. The number of carbonyl (C=O) groups excluding carboxylic acids is 1. The summed E-state index contributed by atoms with van der Waals surface area (Å²) < 4.78 is 8.46. The quantitative estimate of drug-likeness (QED) is 0.607. The summed E-state index contributed by atoms with van der Waals surface area (Å²) in [5.41, 5.74) is 3.28. The van der Waals surface area contributed by atoms with E-state index in [1.165, 1.54) is 11.3 Å². The number of halogens is 1. The summed E-state index contributed by atoms with van der Waals surface area (Å²) in [5, 5.41) is 5.73. The molecule has 4 rings (SSSR count). The van der Waals surface area contributed by atoms with Crippen molar-refractivity contribution in [2.24, 2.45) is 0 Å². The molecule has 1 fully saturated rings. The maximum atomic E-state index is 13.5. The van der Waals surface area contributed by atoms with Crippen LogP contribution in [0.5, 0.6) is 0 Å². The molecule has 3 heterocycles. The molecular weight excluding hydrogens is 396 g/mol. The first-order valence-corrected chi connectivity index (χ1v) is 10.7. The van der Waals surface area contributed by atoms with Gasteiger partial charge in [0.05, 0.1) is 33.6 Å². The van der Waals surface area contributed by atoms with Gasteiger partial charge in [0.2, 0.25) is 0 Å². The van der Waals surface area contributed by atoms with Crippen LogP contribution in [0.1, 0.15) is 41.5 Å². The van der Waals surface area contributed by atoms with E-state index in [4.69, 9.17) is 21.3 Å². The number of rotatable bonds is 5. The number of amides is 1. The SMILES string of the molecule is CCn1nc(C)cc1C(=O)N(CC1CCCO1)c1nc2c(C)ccc(Cl)c2s1. The van der Waals surface area contributed by atoms with Crippen LogP contribution >= 0.6 is 22.9 Å². The van der Waals surface area contributed by atoms with Crippen molar-refractivity contribution in [3.63, 3.8) is 0 Å². The molecule has 0 aliphatic carbocycles. The van der Waals surface area contributed by atoms with Crippen molar-refractivity contribution in [2.75, 3.05) is 18.1 Å². The highest BCUT2D eigenvalue weighted by Crippen LogP contribution is 2.36. The van der Waals surface area contributed by atoms with E-state index in [1.807, 2.05) is 39.0 Å². The highest BCUT2D eigenvalue weighted by molar-refractivity contribution is 7.23. The van der Waals surface area contributed by atoms with Crippen LogP contribution in [-0.2, 0) is 11.3 Å². The van der Waals surface area contributed by atoms with Crippen molar-refractivity contribution < 1.29 is 9.53 Å². The smallest absolute Gasteiger partial charge is 0.278 e. The van der Waals surface area contributed by atoms with Gasteiger partial charge in [0, 0.05) is 13.2 Å². The van der Waals surface area contributed by atoms with Crippen LogP contribution in [0, 0.1) is 13.8 Å². The van der Waals surface area contributed by atoms with Gasteiger partial charge in [0.15, 0.2) is 5.13 Å². The third-order valence-corrected chi connectivity index (χ3v) is 6.53. The van der Waals surface area contributed by atoms with Gasteiger partial charge in [0.1, 0.15) is 5.69 Å². The van der Waals surface area contributed by atoms with Gasteiger partial charge in [-0.2, -0.15) is 5.10 Å². The summed E-state index contributed by atoms with van der Waals surface area (Å²) in [6.45, 7) is 7.73. The van der Waals surface area contributed by atoms with Gasteiger partial charge in [0.25, 0.3) is 5.91 Å². The number of aryl methyl sites for hydroxylation is 3. The Kier molecular flexibility index (Phi) is 5.40. The van der Waals surface area contributed by atoms with Crippen LogP contribution in [0.25, 0.3) is 10.2 Å². The zero-order valence-electron chi connectivity index (χ0n) is 16.2. The summed E-state index contributed by atoms with van der Waals surface area (Å²) >= 11 is 7.84. The fourth-order valence-corrected chi connectivity index (χ4v) is 4.87. The Morgan fingerprint density at radius 2 is 2.25 bits per heavy atom. The van der Waals surface area contributed by atoms with Crippen molar-refractivity contribution in [3.05, 3.63) is 40.2 Å². The molecule has 8 heteroatoms. The van der Waals surface area contributed by atoms with Gasteiger partial charge in [-0.1, -0.05) is 29.0 Å². The molecule has 0 saturated carbocycles. The molecule has 148 valence electrons. The number of hydrogen-bond acceptors (Lipinski definition) is 5. The number of nitrogens with zero attached hydrogens (tertiary/aromatic N) is 4. The third kappa shape index (κ3) is 3.54. The molecule has 0 spiro atoms. The van der Waals surface area contributed by atoms with Gasteiger partial charge in [-0.05, 0) is 51.3 Å². The van der Waals surface area contributed by atoms with Crippen LogP contribution in [0.15, 0.2) is 18.2 Å². The zero-order valence-corrected chi connectivity index (χ0v) is 17.8. The van der Waals surface area contributed by atoms with Crippen molar-refractivity contribution >= 4 is 44.2 Å². The molecule has 0 N–H and O–H groups in total. The van der Waals surface area contributed by atoms with E-state index in [2.05, 4.69) is 5.10 Å². The molecule has 3 aromatic rings. The summed E-state index contributed by atoms with van der Waals surface area (Å²) in [4.78, 5) is 20.0. The first kappa shape index (κ1) is 19.4. The van der Waals surface area contributed by atoms with Gasteiger partial charge in [-0.15, -0.1) is 0 Å². The van der Waals surface area contributed by atoms with Crippen molar-refractivity contribution in [1.29, 1.82) is 0 Å². The molecule has 1 aliphatic rings. The van der Waals surface area contributed by atoms with Crippen LogP contribution < -0.4 is 4.90 Å². The minimum atomic E-state index is -0.106. The van der Waals surface area contributed by atoms with E-state index in [0.717, 1.165) is 40.9 Å². The highest BCUT2D eigenvalue weighted by Gasteiger charge is 2.29. The van der Waals surface area contributed by atoms with Crippen LogP contribution in [-0.4, -0.2) is 39.9 Å². The van der Waals surface area contributed by atoms with Crippen molar-refractivity contribution in [1.82, 2.24) is 14.8 Å². The van der Waals surface area contributed by atoms with Gasteiger partial charge < -0.3 is 4.74 Å². The summed E-state index contributed by atoms with van der Waals surface area (Å²) in [6.07, 6.45) is 1.98. The average Bonchev–Trinajstić information content (AvgIpc) is 3.41. The Morgan fingerprint density at radius 1 is 1.43 bits per heavy atom. The minimum Gasteiger partial charge on any atom is -0.376 e. The minimum absolute atomic E-state index is 0.0200. The second-order valence-corrected chi connectivity index (χ2v) is 8.46. The third-order valence-electron chi connectivity index (χ3n) is 4.99. The average molecular weight is 419 g/mol. The number of aromatic nitrogens is 3. The predicted octanol–water partition coefficient (Wildman–Crippen LogP) is 4.61. The fourth-order valence-electron chi connectivity index (χ4n) is 3.54. The molecule has 0 radical (unpaired) electrons. The molecule has 0 bridgehead atoms. The molecular formula is C20H23ClN4O2S. The molecule has 1 saturated heterocycles. The van der Waals surface area contributed by atoms with E-state index in [0.29, 0.717) is 28.9 Å².